The van der Waals surface area contributed by atoms with Gasteiger partial charge in [0.25, 0.3) is 0 Å². The summed E-state index contributed by atoms with van der Waals surface area (Å²) >= 11 is 0. The van der Waals surface area contributed by atoms with Crippen LogP contribution in [0.5, 0.6) is 0 Å². The van der Waals surface area contributed by atoms with Gasteiger partial charge in [0.15, 0.2) is 0 Å². The molecule has 1 aliphatic rings. The zero-order chi connectivity index (χ0) is 14.7. The number of nitrogens with two attached hydrogens (primary N) is 1. The fourth-order valence-corrected chi connectivity index (χ4v) is 3.30. The molecule has 0 heterocycles. The Labute approximate surface area is 127 Å². The van der Waals surface area contributed by atoms with Crippen molar-refractivity contribution < 1.29 is 0 Å². The summed E-state index contributed by atoms with van der Waals surface area (Å²) in [6.45, 7) is 5.09. The van der Waals surface area contributed by atoms with Gasteiger partial charge in [0.2, 0.25) is 0 Å². The average Bonchev–Trinajstić information content (AvgIpc) is 2.49. The molecule has 0 aromatic heterocycles. The summed E-state index contributed by atoms with van der Waals surface area (Å²) < 4.78 is 0. The molecule has 0 bridgehead atoms. The first-order valence-electron chi connectivity index (χ1n) is 7.88. The molecule has 1 aliphatic carbocycles. The van der Waals surface area contributed by atoms with Crippen molar-refractivity contribution in [2.75, 3.05) is 24.5 Å². The number of para-hydroxylation sites is 1. The van der Waals surface area contributed by atoms with E-state index in [9.17, 15) is 0 Å². The van der Waals surface area contributed by atoms with E-state index in [1.807, 2.05) is 0 Å². The molecule has 0 saturated carbocycles. The Morgan fingerprint density at radius 2 is 1.86 bits per heavy atom. The molecule has 2 N–H and O–H groups in total. The number of rotatable bonds is 6. The molecule has 2 heteroatoms. The molecular formula is C19H24N2. The molecule has 0 amide bonds. The maximum Gasteiger partial charge on any atom is 0.0396 e. The molecule has 3 rings (SSSR count). The van der Waals surface area contributed by atoms with Gasteiger partial charge >= 0.3 is 0 Å². The van der Waals surface area contributed by atoms with Crippen LogP contribution in [0.3, 0.4) is 0 Å². The van der Waals surface area contributed by atoms with Crippen molar-refractivity contribution in [2.24, 2.45) is 5.73 Å². The lowest BCUT2D eigenvalue weighted by Gasteiger charge is -2.36. The number of hydrogen-bond acceptors (Lipinski definition) is 2. The molecule has 1 atom stereocenters. The second-order valence-corrected chi connectivity index (χ2v) is 5.97. The van der Waals surface area contributed by atoms with Crippen LogP contribution in [-0.4, -0.2) is 19.6 Å². The highest BCUT2D eigenvalue weighted by Crippen LogP contribution is 2.36. The van der Waals surface area contributed by atoms with Gasteiger partial charge in [-0.05, 0) is 49.1 Å². The van der Waals surface area contributed by atoms with Crippen LogP contribution in [0.4, 0.5) is 5.69 Å². The van der Waals surface area contributed by atoms with Crippen molar-refractivity contribution in [1.82, 2.24) is 0 Å². The Kier molecular flexibility index (Phi) is 4.26. The fraction of sp³-hybridized carbons (Fsp3) is 0.368. The first kappa shape index (κ1) is 14.2. The first-order valence-corrected chi connectivity index (χ1v) is 7.88. The van der Waals surface area contributed by atoms with Crippen LogP contribution in [0, 0.1) is 6.92 Å². The lowest BCUT2D eigenvalue weighted by Crippen LogP contribution is -2.35. The lowest BCUT2D eigenvalue weighted by molar-refractivity contribution is 0.575. The predicted molar refractivity (Wildman–Crippen MR) is 90.0 cm³/mol. The summed E-state index contributed by atoms with van der Waals surface area (Å²) in [5.41, 5.74) is 11.5. The van der Waals surface area contributed by atoms with Gasteiger partial charge in [-0.25, -0.2) is 0 Å². The van der Waals surface area contributed by atoms with Gasteiger partial charge in [-0.2, -0.15) is 0 Å². The quantitative estimate of drug-likeness (QED) is 0.877. The van der Waals surface area contributed by atoms with Crippen molar-refractivity contribution in [2.45, 2.75) is 25.7 Å². The second-order valence-electron chi connectivity index (χ2n) is 5.97. The van der Waals surface area contributed by atoms with Gasteiger partial charge in [0.1, 0.15) is 0 Å². The van der Waals surface area contributed by atoms with Crippen LogP contribution >= 0.6 is 0 Å². The van der Waals surface area contributed by atoms with Crippen molar-refractivity contribution in [3.63, 3.8) is 0 Å². The SMILES string of the molecule is Cc1ccccc1N(CCCN)CC1Cc2ccccc21. The number of aryl methyl sites for hydroxylation is 1. The smallest absolute Gasteiger partial charge is 0.0396 e. The Morgan fingerprint density at radius 3 is 2.62 bits per heavy atom. The predicted octanol–water partition coefficient (Wildman–Crippen LogP) is 3.49. The van der Waals surface area contributed by atoms with E-state index < -0.39 is 0 Å². The highest BCUT2D eigenvalue weighted by atomic mass is 15.1. The van der Waals surface area contributed by atoms with Crippen molar-refractivity contribution in [3.8, 4) is 0 Å². The fourth-order valence-electron chi connectivity index (χ4n) is 3.30. The normalized spacial score (nSPS) is 16.2. The summed E-state index contributed by atoms with van der Waals surface area (Å²) in [4.78, 5) is 2.52. The van der Waals surface area contributed by atoms with E-state index in [0.717, 1.165) is 26.1 Å². The molecule has 1 unspecified atom stereocenters. The number of hydrogen-bond donors (Lipinski definition) is 1. The van der Waals surface area contributed by atoms with E-state index in [4.69, 9.17) is 5.73 Å². The van der Waals surface area contributed by atoms with Crippen molar-refractivity contribution >= 4 is 5.69 Å². The van der Waals surface area contributed by atoms with E-state index >= 15 is 0 Å². The third kappa shape index (κ3) is 2.96. The van der Waals surface area contributed by atoms with Crippen LogP contribution < -0.4 is 10.6 Å². The lowest BCUT2D eigenvalue weighted by atomic mass is 9.77. The number of benzene rings is 2. The number of fused-ring (bicyclic) bond motifs is 1. The summed E-state index contributed by atoms with van der Waals surface area (Å²) in [5.74, 6) is 0.665. The second kappa shape index (κ2) is 6.31. The van der Waals surface area contributed by atoms with Crippen LogP contribution in [-0.2, 0) is 6.42 Å². The van der Waals surface area contributed by atoms with Crippen LogP contribution in [0.2, 0.25) is 0 Å². The minimum Gasteiger partial charge on any atom is -0.371 e. The van der Waals surface area contributed by atoms with Crippen LogP contribution in [0.1, 0.15) is 29.0 Å². The molecule has 110 valence electrons. The third-order valence-corrected chi connectivity index (χ3v) is 4.49. The monoisotopic (exact) mass is 280 g/mol. The summed E-state index contributed by atoms with van der Waals surface area (Å²) in [6, 6.07) is 17.5. The van der Waals surface area contributed by atoms with E-state index in [-0.39, 0.29) is 0 Å². The highest BCUT2D eigenvalue weighted by molar-refractivity contribution is 5.54. The van der Waals surface area contributed by atoms with Gasteiger partial charge in [-0.15, -0.1) is 0 Å². The molecule has 21 heavy (non-hydrogen) atoms. The number of nitrogens with zero attached hydrogens (tertiary/aromatic N) is 1. The molecule has 2 aromatic rings. The molecule has 0 spiro atoms. The van der Waals surface area contributed by atoms with Crippen LogP contribution in [0.15, 0.2) is 48.5 Å². The van der Waals surface area contributed by atoms with Crippen molar-refractivity contribution in [3.05, 3.63) is 65.2 Å². The molecule has 0 saturated heterocycles. The van der Waals surface area contributed by atoms with Gasteiger partial charge in [0.05, 0.1) is 0 Å². The summed E-state index contributed by atoms with van der Waals surface area (Å²) in [6.07, 6.45) is 2.25. The topological polar surface area (TPSA) is 29.3 Å². The summed E-state index contributed by atoms with van der Waals surface area (Å²) in [5, 5.41) is 0. The van der Waals surface area contributed by atoms with E-state index in [1.165, 1.54) is 28.8 Å². The standard InChI is InChI=1S/C19H24N2/c1-15-7-2-5-10-19(15)21(12-6-11-20)14-17-13-16-8-3-4-9-18(16)17/h2-5,7-10,17H,6,11-14,20H2,1H3. The van der Waals surface area contributed by atoms with Gasteiger partial charge in [-0.3, -0.25) is 0 Å². The molecule has 0 aliphatic heterocycles. The van der Waals surface area contributed by atoms with Gasteiger partial charge in [-0.1, -0.05) is 42.5 Å². The first-order chi connectivity index (χ1) is 10.3. The maximum atomic E-state index is 5.72. The molecule has 0 fully saturated rings. The zero-order valence-electron chi connectivity index (χ0n) is 12.8. The molecule has 0 radical (unpaired) electrons. The Morgan fingerprint density at radius 1 is 1.10 bits per heavy atom. The minimum atomic E-state index is 0.665. The third-order valence-electron chi connectivity index (χ3n) is 4.49. The minimum absolute atomic E-state index is 0.665. The summed E-state index contributed by atoms with van der Waals surface area (Å²) in [7, 11) is 0. The molecular weight excluding hydrogens is 256 g/mol. The van der Waals surface area contributed by atoms with Crippen LogP contribution in [0.25, 0.3) is 0 Å². The van der Waals surface area contributed by atoms with Gasteiger partial charge < -0.3 is 10.6 Å². The van der Waals surface area contributed by atoms with Crippen molar-refractivity contribution in [1.29, 1.82) is 0 Å². The van der Waals surface area contributed by atoms with E-state index in [0.29, 0.717) is 5.92 Å². The molecule has 2 aromatic carbocycles. The van der Waals surface area contributed by atoms with Gasteiger partial charge in [0, 0.05) is 24.7 Å². The molecule has 2 nitrogen and oxygen atoms in total. The van der Waals surface area contributed by atoms with E-state index in [2.05, 4.69) is 60.4 Å². The Hall–Kier alpha value is -1.80. The highest BCUT2D eigenvalue weighted by Gasteiger charge is 2.27. The Balaban J connectivity index is 1.77. The maximum absolute atomic E-state index is 5.72. The zero-order valence-corrected chi connectivity index (χ0v) is 12.8. The largest absolute Gasteiger partial charge is 0.371 e. The van der Waals surface area contributed by atoms with E-state index in [1.54, 1.807) is 0 Å². The number of anilines is 1. The average molecular weight is 280 g/mol. The Bertz CT molecular complexity index is 606.